The van der Waals surface area contributed by atoms with Gasteiger partial charge in [-0.3, -0.25) is 0 Å². The summed E-state index contributed by atoms with van der Waals surface area (Å²) < 4.78 is 0. The second-order valence-corrected chi connectivity index (χ2v) is 5.31. The van der Waals surface area contributed by atoms with Crippen molar-refractivity contribution in [2.45, 2.75) is 43.3 Å². The highest BCUT2D eigenvalue weighted by molar-refractivity contribution is 7.99. The standard InChI is InChI=1S/C14H19N5S/c1-3-6-11-18-12(15-7-4-2)10-13(19-11)20-14-16-8-5-9-17-14/h5,8-10H,3-4,6-7H2,1-2H3,(H,15,18,19). The van der Waals surface area contributed by atoms with E-state index in [2.05, 4.69) is 39.1 Å². The minimum atomic E-state index is 0.704. The number of hydrogen-bond acceptors (Lipinski definition) is 6. The summed E-state index contributed by atoms with van der Waals surface area (Å²) in [4.78, 5) is 17.5. The van der Waals surface area contributed by atoms with Crippen LogP contribution in [0, 0.1) is 0 Å². The van der Waals surface area contributed by atoms with Gasteiger partial charge in [-0.25, -0.2) is 19.9 Å². The lowest BCUT2D eigenvalue weighted by Gasteiger charge is -2.08. The lowest BCUT2D eigenvalue weighted by Crippen LogP contribution is -2.06. The molecule has 0 bridgehead atoms. The van der Waals surface area contributed by atoms with Gasteiger partial charge in [0, 0.05) is 31.4 Å². The molecule has 2 aromatic heterocycles. The molecule has 0 aliphatic rings. The fraction of sp³-hybridized carbons (Fsp3) is 0.429. The molecule has 0 spiro atoms. The Labute approximate surface area is 123 Å². The average Bonchev–Trinajstić information content (AvgIpc) is 2.46. The number of rotatable bonds is 7. The van der Waals surface area contributed by atoms with E-state index in [9.17, 15) is 0 Å². The number of hydrogen-bond donors (Lipinski definition) is 1. The van der Waals surface area contributed by atoms with E-state index in [1.54, 1.807) is 18.5 Å². The van der Waals surface area contributed by atoms with Gasteiger partial charge in [0.15, 0.2) is 5.16 Å². The van der Waals surface area contributed by atoms with Gasteiger partial charge in [0.25, 0.3) is 0 Å². The van der Waals surface area contributed by atoms with Gasteiger partial charge in [0.2, 0.25) is 0 Å². The maximum Gasteiger partial charge on any atom is 0.193 e. The number of nitrogens with one attached hydrogen (secondary N) is 1. The van der Waals surface area contributed by atoms with Gasteiger partial charge in [-0.05, 0) is 30.7 Å². The summed E-state index contributed by atoms with van der Waals surface area (Å²) in [7, 11) is 0. The van der Waals surface area contributed by atoms with Crippen molar-refractivity contribution in [2.75, 3.05) is 11.9 Å². The SMILES string of the molecule is CCCNc1cc(Sc2ncccn2)nc(CCC)n1. The molecule has 0 saturated heterocycles. The van der Waals surface area contributed by atoms with E-state index in [0.717, 1.165) is 42.5 Å². The molecule has 20 heavy (non-hydrogen) atoms. The first kappa shape index (κ1) is 14.7. The highest BCUT2D eigenvalue weighted by Crippen LogP contribution is 2.24. The number of nitrogens with zero attached hydrogens (tertiary/aromatic N) is 4. The maximum atomic E-state index is 4.56. The van der Waals surface area contributed by atoms with E-state index in [4.69, 9.17) is 0 Å². The number of aromatic nitrogens is 4. The molecule has 0 aliphatic heterocycles. The van der Waals surface area contributed by atoms with E-state index >= 15 is 0 Å². The van der Waals surface area contributed by atoms with E-state index in [0.29, 0.717) is 5.16 Å². The second kappa shape index (κ2) is 7.79. The van der Waals surface area contributed by atoms with Crippen molar-refractivity contribution >= 4 is 17.6 Å². The first-order chi connectivity index (χ1) is 9.81. The third-order valence-corrected chi connectivity index (χ3v) is 3.33. The van der Waals surface area contributed by atoms with Crippen molar-refractivity contribution in [3.63, 3.8) is 0 Å². The quantitative estimate of drug-likeness (QED) is 0.624. The van der Waals surface area contributed by atoms with Crippen molar-refractivity contribution in [1.82, 2.24) is 19.9 Å². The van der Waals surface area contributed by atoms with Crippen LogP contribution in [0.15, 0.2) is 34.7 Å². The molecule has 5 nitrogen and oxygen atoms in total. The van der Waals surface area contributed by atoms with Crippen LogP contribution >= 0.6 is 11.8 Å². The molecular weight excluding hydrogens is 270 g/mol. The summed E-state index contributed by atoms with van der Waals surface area (Å²) in [5, 5.41) is 4.90. The minimum absolute atomic E-state index is 0.704. The third kappa shape index (κ3) is 4.45. The van der Waals surface area contributed by atoms with Gasteiger partial charge in [0.1, 0.15) is 16.7 Å². The Morgan fingerprint density at radius 3 is 2.60 bits per heavy atom. The van der Waals surface area contributed by atoms with Gasteiger partial charge < -0.3 is 5.32 Å². The van der Waals surface area contributed by atoms with Crippen molar-refractivity contribution < 1.29 is 0 Å². The second-order valence-electron chi connectivity index (χ2n) is 4.32. The molecule has 0 saturated carbocycles. The Bertz CT molecular complexity index is 532. The van der Waals surface area contributed by atoms with E-state index in [-0.39, 0.29) is 0 Å². The summed E-state index contributed by atoms with van der Waals surface area (Å²) in [6, 6.07) is 3.76. The Morgan fingerprint density at radius 1 is 1.10 bits per heavy atom. The number of anilines is 1. The van der Waals surface area contributed by atoms with Gasteiger partial charge in [0.05, 0.1) is 0 Å². The fourth-order valence-electron chi connectivity index (χ4n) is 1.64. The molecule has 106 valence electrons. The van der Waals surface area contributed by atoms with Gasteiger partial charge in [-0.15, -0.1) is 0 Å². The smallest absolute Gasteiger partial charge is 0.193 e. The monoisotopic (exact) mass is 289 g/mol. The highest BCUT2D eigenvalue weighted by atomic mass is 32.2. The van der Waals surface area contributed by atoms with Crippen LogP contribution in [0.3, 0.4) is 0 Å². The molecule has 0 unspecified atom stereocenters. The molecule has 0 radical (unpaired) electrons. The molecule has 0 aromatic carbocycles. The Hall–Kier alpha value is -1.69. The molecule has 0 amide bonds. The molecule has 2 aromatic rings. The number of aryl methyl sites for hydroxylation is 1. The lowest BCUT2D eigenvalue weighted by atomic mass is 10.3. The van der Waals surface area contributed by atoms with Crippen LogP contribution in [-0.4, -0.2) is 26.5 Å². The molecule has 0 atom stereocenters. The fourth-order valence-corrected chi connectivity index (χ4v) is 2.37. The van der Waals surface area contributed by atoms with Crippen LogP contribution < -0.4 is 5.32 Å². The topological polar surface area (TPSA) is 63.6 Å². The van der Waals surface area contributed by atoms with Crippen LogP contribution in [0.25, 0.3) is 0 Å². The van der Waals surface area contributed by atoms with E-state index in [1.165, 1.54) is 11.8 Å². The van der Waals surface area contributed by atoms with Crippen molar-refractivity contribution in [1.29, 1.82) is 0 Å². The average molecular weight is 289 g/mol. The molecule has 0 fully saturated rings. The summed E-state index contributed by atoms with van der Waals surface area (Å²) >= 11 is 1.46. The van der Waals surface area contributed by atoms with Crippen molar-refractivity contribution in [3.05, 3.63) is 30.4 Å². The third-order valence-electron chi connectivity index (χ3n) is 2.52. The zero-order valence-electron chi connectivity index (χ0n) is 11.8. The van der Waals surface area contributed by atoms with Gasteiger partial charge >= 0.3 is 0 Å². The molecular formula is C14H19N5S. The summed E-state index contributed by atoms with van der Waals surface area (Å²) in [5.74, 6) is 1.75. The Morgan fingerprint density at radius 2 is 1.90 bits per heavy atom. The molecule has 1 N–H and O–H groups in total. The van der Waals surface area contributed by atoms with Crippen molar-refractivity contribution in [2.24, 2.45) is 0 Å². The predicted octanol–water partition coefficient (Wildman–Crippen LogP) is 3.19. The normalized spacial score (nSPS) is 10.5. The van der Waals surface area contributed by atoms with Crippen LogP contribution in [0.4, 0.5) is 5.82 Å². The largest absolute Gasteiger partial charge is 0.370 e. The Kier molecular flexibility index (Phi) is 5.73. The first-order valence-electron chi connectivity index (χ1n) is 6.88. The molecule has 2 heterocycles. The Balaban J connectivity index is 2.19. The minimum Gasteiger partial charge on any atom is -0.370 e. The van der Waals surface area contributed by atoms with Gasteiger partial charge in [-0.2, -0.15) is 0 Å². The highest BCUT2D eigenvalue weighted by Gasteiger charge is 2.07. The molecule has 6 heteroatoms. The van der Waals surface area contributed by atoms with E-state index < -0.39 is 0 Å². The molecule has 0 aliphatic carbocycles. The van der Waals surface area contributed by atoms with Crippen LogP contribution in [0.1, 0.15) is 32.5 Å². The summed E-state index contributed by atoms with van der Waals surface area (Å²) in [6.07, 6.45) is 6.45. The lowest BCUT2D eigenvalue weighted by molar-refractivity contribution is 0.806. The summed E-state index contributed by atoms with van der Waals surface area (Å²) in [5.41, 5.74) is 0. The van der Waals surface area contributed by atoms with Gasteiger partial charge in [-0.1, -0.05) is 13.8 Å². The summed E-state index contributed by atoms with van der Waals surface area (Å²) in [6.45, 7) is 5.17. The van der Waals surface area contributed by atoms with Crippen LogP contribution in [0.5, 0.6) is 0 Å². The van der Waals surface area contributed by atoms with Crippen LogP contribution in [0.2, 0.25) is 0 Å². The zero-order valence-corrected chi connectivity index (χ0v) is 12.7. The predicted molar refractivity (Wildman–Crippen MR) is 81.0 cm³/mol. The molecule has 2 rings (SSSR count). The first-order valence-corrected chi connectivity index (χ1v) is 7.70. The van der Waals surface area contributed by atoms with Crippen molar-refractivity contribution in [3.8, 4) is 0 Å². The zero-order chi connectivity index (χ0) is 14.2. The van der Waals surface area contributed by atoms with E-state index in [1.807, 2.05) is 6.07 Å². The van der Waals surface area contributed by atoms with Crippen LogP contribution in [-0.2, 0) is 6.42 Å². The maximum absolute atomic E-state index is 4.56.